The van der Waals surface area contributed by atoms with Gasteiger partial charge in [-0.3, -0.25) is 19.2 Å². The zero-order valence-electron chi connectivity index (χ0n) is 25.8. The van der Waals surface area contributed by atoms with Gasteiger partial charge in [-0.15, -0.1) is 0 Å². The first-order chi connectivity index (χ1) is 19.8. The Kier molecular flexibility index (Phi) is 10.8. The van der Waals surface area contributed by atoms with Gasteiger partial charge in [0.15, 0.2) is 5.60 Å². The van der Waals surface area contributed by atoms with E-state index in [0.29, 0.717) is 48.4 Å². The first kappa shape index (κ1) is 32.7. The summed E-state index contributed by atoms with van der Waals surface area (Å²) in [6, 6.07) is 3.00. The Bertz CT molecular complexity index is 1200. The van der Waals surface area contributed by atoms with E-state index >= 15 is 0 Å². The lowest BCUT2D eigenvalue weighted by Gasteiger charge is -2.42. The highest BCUT2D eigenvalue weighted by atomic mass is 16.7. The molecule has 0 spiro atoms. The van der Waals surface area contributed by atoms with Crippen molar-refractivity contribution in [1.82, 2.24) is 15.1 Å². The Labute approximate surface area is 247 Å². The largest absolute Gasteiger partial charge is 0.476 e. The summed E-state index contributed by atoms with van der Waals surface area (Å²) in [4.78, 5) is 68.2. The van der Waals surface area contributed by atoms with Crippen LogP contribution in [0.5, 0.6) is 5.75 Å². The molecule has 232 valence electrons. The Balaban J connectivity index is 1.85. The normalized spacial score (nSPS) is 17.7. The van der Waals surface area contributed by atoms with Crippen LogP contribution in [0.4, 0.5) is 10.5 Å². The topological polar surface area (TPSA) is 135 Å². The lowest BCUT2D eigenvalue weighted by Crippen LogP contribution is -2.55. The van der Waals surface area contributed by atoms with Gasteiger partial charge in [0.25, 0.3) is 11.8 Å². The predicted octanol–water partition coefficient (Wildman–Crippen LogP) is 3.39. The predicted molar refractivity (Wildman–Crippen MR) is 155 cm³/mol. The van der Waals surface area contributed by atoms with Gasteiger partial charge in [-0.2, -0.15) is 0 Å². The number of rotatable bonds is 10. The Morgan fingerprint density at radius 1 is 1.14 bits per heavy atom. The number of likely N-dealkylation sites (tertiary alicyclic amines) is 1. The molecule has 0 radical (unpaired) electrons. The van der Waals surface area contributed by atoms with E-state index in [1.165, 1.54) is 4.90 Å². The average molecular weight is 589 g/mol. The molecule has 1 saturated heterocycles. The molecule has 0 saturated carbocycles. The van der Waals surface area contributed by atoms with Crippen molar-refractivity contribution in [1.29, 1.82) is 0 Å². The number of anilines is 1. The van der Waals surface area contributed by atoms with Gasteiger partial charge in [-0.05, 0) is 65.2 Å². The van der Waals surface area contributed by atoms with Crippen molar-refractivity contribution in [3.05, 3.63) is 23.3 Å². The third-order valence-corrected chi connectivity index (χ3v) is 7.46. The van der Waals surface area contributed by atoms with Crippen molar-refractivity contribution in [3.63, 3.8) is 0 Å². The van der Waals surface area contributed by atoms with Crippen molar-refractivity contribution in [3.8, 4) is 5.75 Å². The number of carbonyl (C=O) groups excluding carboxylic acids is 5. The van der Waals surface area contributed by atoms with Gasteiger partial charge in [0, 0.05) is 50.6 Å². The molecular weight excluding hydrogens is 544 g/mol. The van der Waals surface area contributed by atoms with Gasteiger partial charge in [0.1, 0.15) is 5.75 Å². The summed E-state index contributed by atoms with van der Waals surface area (Å²) >= 11 is 0. The smallest absolute Gasteiger partial charge is 0.412 e. The van der Waals surface area contributed by atoms with Crippen molar-refractivity contribution >= 4 is 35.5 Å². The molecule has 0 aliphatic carbocycles. The molecule has 2 aliphatic rings. The van der Waals surface area contributed by atoms with Crippen LogP contribution in [-0.4, -0.2) is 90.2 Å². The molecule has 2 heterocycles. The minimum Gasteiger partial charge on any atom is -0.476 e. The fourth-order valence-electron chi connectivity index (χ4n) is 5.25. The Morgan fingerprint density at radius 2 is 1.86 bits per heavy atom. The van der Waals surface area contributed by atoms with Gasteiger partial charge in [0.2, 0.25) is 12.7 Å². The van der Waals surface area contributed by atoms with E-state index in [4.69, 9.17) is 14.2 Å². The van der Waals surface area contributed by atoms with Crippen LogP contribution in [-0.2, 0) is 23.9 Å². The molecule has 2 aliphatic heterocycles. The number of hydrogen-bond acceptors (Lipinski definition) is 8. The molecular formula is C30H44N4O8. The number of piperidine rings is 1. The Morgan fingerprint density at radius 3 is 2.50 bits per heavy atom. The number of fused-ring (bicyclic) bond motifs is 1. The maximum Gasteiger partial charge on any atom is 0.412 e. The number of esters is 1. The standard InChI is InChI=1S/C30H44N4O8/c1-8-25(35)31-12-14-33-23-16-22(20(5)15-24(23)42-30(6,7)28(33)38)27(37)34(19(3)4)21-11-10-13-32(17-21)29(39)41-18-40-26(36)9-2/h15-16,19,21H,8-14,17-18H2,1-7H3,(H,31,35)/t21-/m1/s1. The molecule has 0 bridgehead atoms. The third-order valence-electron chi connectivity index (χ3n) is 7.46. The lowest BCUT2D eigenvalue weighted by atomic mass is 9.97. The van der Waals surface area contributed by atoms with Crippen LogP contribution in [0, 0.1) is 6.92 Å². The highest BCUT2D eigenvalue weighted by Crippen LogP contribution is 2.40. The maximum atomic E-state index is 14.1. The van der Waals surface area contributed by atoms with Gasteiger partial charge in [0.05, 0.1) is 11.7 Å². The zero-order valence-corrected chi connectivity index (χ0v) is 25.8. The van der Waals surface area contributed by atoms with E-state index in [0.717, 1.165) is 0 Å². The molecule has 1 fully saturated rings. The zero-order chi connectivity index (χ0) is 31.2. The molecule has 1 N–H and O–H groups in total. The van der Waals surface area contributed by atoms with Crippen molar-refractivity contribution in [2.24, 2.45) is 0 Å². The summed E-state index contributed by atoms with van der Waals surface area (Å²) in [5.41, 5.74) is 0.475. The highest BCUT2D eigenvalue weighted by molar-refractivity contribution is 6.05. The van der Waals surface area contributed by atoms with Crippen LogP contribution in [0.15, 0.2) is 12.1 Å². The monoisotopic (exact) mass is 588 g/mol. The van der Waals surface area contributed by atoms with Crippen LogP contribution >= 0.6 is 0 Å². The number of benzene rings is 1. The maximum absolute atomic E-state index is 14.1. The second kappa shape index (κ2) is 13.9. The molecule has 1 aromatic carbocycles. The average Bonchev–Trinajstić information content (AvgIpc) is 2.94. The fraction of sp³-hybridized carbons (Fsp3) is 0.633. The number of nitrogens with one attached hydrogen (secondary N) is 1. The molecule has 12 heteroatoms. The van der Waals surface area contributed by atoms with Gasteiger partial charge in [-0.25, -0.2) is 4.79 Å². The molecule has 1 aromatic rings. The molecule has 0 aromatic heterocycles. The quantitative estimate of drug-likeness (QED) is 0.325. The molecule has 12 nitrogen and oxygen atoms in total. The molecule has 4 amide bonds. The SMILES string of the molecule is CCC(=O)NCCN1C(=O)C(C)(C)Oc2cc(C)c(C(=O)N(C(C)C)[C@@H]3CCCN(C(=O)OCOC(=O)CC)C3)cc21. The van der Waals surface area contributed by atoms with E-state index in [9.17, 15) is 24.0 Å². The number of aryl methyl sites for hydroxylation is 1. The van der Waals surface area contributed by atoms with Crippen molar-refractivity contribution in [2.75, 3.05) is 37.9 Å². The van der Waals surface area contributed by atoms with Crippen molar-refractivity contribution < 1.29 is 38.2 Å². The summed E-state index contributed by atoms with van der Waals surface area (Å²) in [6.45, 7) is 13.2. The number of hydrogen-bond donors (Lipinski definition) is 1. The van der Waals surface area contributed by atoms with E-state index in [2.05, 4.69) is 5.32 Å². The molecule has 3 rings (SSSR count). The van der Waals surface area contributed by atoms with Crippen LogP contribution in [0.3, 0.4) is 0 Å². The van der Waals surface area contributed by atoms with E-state index in [1.807, 2.05) is 20.8 Å². The highest BCUT2D eigenvalue weighted by Gasteiger charge is 2.42. The molecule has 0 unspecified atom stereocenters. The fourth-order valence-corrected chi connectivity index (χ4v) is 5.25. The minimum absolute atomic E-state index is 0.116. The number of amides is 4. The van der Waals surface area contributed by atoms with Gasteiger partial charge >= 0.3 is 12.1 Å². The van der Waals surface area contributed by atoms with E-state index in [1.54, 1.807) is 49.6 Å². The van der Waals surface area contributed by atoms with Gasteiger partial charge < -0.3 is 34.2 Å². The first-order valence-electron chi connectivity index (χ1n) is 14.6. The van der Waals surface area contributed by atoms with E-state index in [-0.39, 0.29) is 55.9 Å². The molecule has 1 atom stereocenters. The van der Waals surface area contributed by atoms with Crippen LogP contribution < -0.4 is 15.0 Å². The number of nitrogens with zero attached hydrogens (tertiary/aromatic N) is 3. The summed E-state index contributed by atoms with van der Waals surface area (Å²) in [5.74, 6) is -0.582. The van der Waals surface area contributed by atoms with Crippen LogP contribution in [0.1, 0.15) is 83.1 Å². The number of carbonyl (C=O) groups is 5. The first-order valence-corrected chi connectivity index (χ1v) is 14.6. The summed E-state index contributed by atoms with van der Waals surface area (Å²) in [6.07, 6.45) is 1.28. The van der Waals surface area contributed by atoms with Crippen molar-refractivity contribution in [2.45, 2.75) is 91.8 Å². The van der Waals surface area contributed by atoms with Crippen LogP contribution in [0.25, 0.3) is 0 Å². The third kappa shape index (κ3) is 7.51. The Hall–Kier alpha value is -3.83. The second-order valence-corrected chi connectivity index (χ2v) is 11.4. The number of ether oxygens (including phenoxy) is 3. The van der Waals surface area contributed by atoms with E-state index < -0.39 is 24.5 Å². The minimum atomic E-state index is -1.11. The summed E-state index contributed by atoms with van der Waals surface area (Å²) in [7, 11) is 0. The lowest BCUT2D eigenvalue weighted by molar-refractivity contribution is -0.152. The van der Waals surface area contributed by atoms with Crippen LogP contribution in [0.2, 0.25) is 0 Å². The van der Waals surface area contributed by atoms with Gasteiger partial charge in [-0.1, -0.05) is 13.8 Å². The summed E-state index contributed by atoms with van der Waals surface area (Å²) < 4.78 is 16.0. The second-order valence-electron chi connectivity index (χ2n) is 11.4. The summed E-state index contributed by atoms with van der Waals surface area (Å²) in [5, 5.41) is 2.80. The molecule has 42 heavy (non-hydrogen) atoms.